The van der Waals surface area contributed by atoms with Crippen LogP contribution in [0.5, 0.6) is 5.75 Å². The van der Waals surface area contributed by atoms with Crippen LogP contribution < -0.4 is 10.1 Å². The molecular weight excluding hydrogens is 421 g/mol. The second-order valence-electron chi connectivity index (χ2n) is 6.54. The van der Waals surface area contributed by atoms with Crippen LogP contribution in [0.2, 0.25) is 0 Å². The summed E-state index contributed by atoms with van der Waals surface area (Å²) >= 11 is 0. The van der Waals surface area contributed by atoms with E-state index in [0.29, 0.717) is 29.0 Å². The molecule has 0 aliphatic rings. The predicted octanol–water partition coefficient (Wildman–Crippen LogP) is 4.37. The molecule has 2 rings (SSSR count). The maximum absolute atomic E-state index is 12.8. The predicted molar refractivity (Wildman–Crippen MR) is 104 cm³/mol. The van der Waals surface area contributed by atoms with E-state index in [1.54, 1.807) is 12.1 Å². The first-order valence-electron chi connectivity index (χ1n) is 8.90. The molecule has 166 valence electrons. The Kier molecular flexibility index (Phi) is 7.21. The minimum Gasteiger partial charge on any atom is -0.496 e. The number of benzene rings is 2. The van der Waals surface area contributed by atoms with Gasteiger partial charge in [0, 0.05) is 17.2 Å². The van der Waals surface area contributed by atoms with E-state index < -0.39 is 34.4 Å². The van der Waals surface area contributed by atoms with Crippen molar-refractivity contribution in [2.45, 2.75) is 32.7 Å². The molecule has 1 atom stereocenters. The Labute approximate surface area is 175 Å². The number of hydrogen-bond acceptors (Lipinski definition) is 7. The molecular formula is C20H19F3N2O6. The lowest BCUT2D eigenvalue weighted by molar-refractivity contribution is -0.384. The average molecular weight is 440 g/mol. The standard InChI is InChI=1S/C20H19F3N2O6/c1-11(24-16-6-5-15(20(21,22)23)9-17(16)25(28)29)19(27)31-10-14-8-13(12(2)26)4-7-18(14)30-3/h4-9,11,24H,10H2,1-3H3/t11-/m0/s1. The van der Waals surface area contributed by atoms with E-state index in [4.69, 9.17) is 9.47 Å². The number of nitro groups is 1. The summed E-state index contributed by atoms with van der Waals surface area (Å²) in [7, 11) is 1.40. The first kappa shape index (κ1) is 23.6. The van der Waals surface area contributed by atoms with E-state index in [2.05, 4.69) is 5.32 Å². The molecule has 0 saturated heterocycles. The number of Topliss-reactive ketones (excluding diaryl/α,β-unsaturated/α-hetero) is 1. The van der Waals surface area contributed by atoms with Gasteiger partial charge in [-0.2, -0.15) is 13.2 Å². The van der Waals surface area contributed by atoms with Crippen LogP contribution >= 0.6 is 0 Å². The molecule has 0 bridgehead atoms. The quantitative estimate of drug-likeness (QED) is 0.281. The number of halogens is 3. The highest BCUT2D eigenvalue weighted by Gasteiger charge is 2.33. The zero-order valence-electron chi connectivity index (χ0n) is 16.8. The number of carbonyl (C=O) groups is 2. The number of methoxy groups -OCH3 is 1. The van der Waals surface area contributed by atoms with Crippen LogP contribution in [0.1, 0.15) is 35.3 Å². The maximum atomic E-state index is 12.8. The number of esters is 1. The normalized spacial score (nSPS) is 12.1. The summed E-state index contributed by atoms with van der Waals surface area (Å²) in [4.78, 5) is 34.0. The number of ether oxygens (including phenoxy) is 2. The number of rotatable bonds is 8. The van der Waals surface area contributed by atoms with Gasteiger partial charge in [-0.05, 0) is 44.2 Å². The van der Waals surface area contributed by atoms with Gasteiger partial charge in [0.05, 0.1) is 17.6 Å². The molecule has 2 aromatic carbocycles. The monoisotopic (exact) mass is 440 g/mol. The van der Waals surface area contributed by atoms with Gasteiger partial charge >= 0.3 is 12.1 Å². The molecule has 0 aromatic heterocycles. The van der Waals surface area contributed by atoms with Gasteiger partial charge in [0.15, 0.2) is 5.78 Å². The first-order chi connectivity index (χ1) is 14.4. The Morgan fingerprint density at radius 1 is 1.19 bits per heavy atom. The number of alkyl halides is 3. The largest absolute Gasteiger partial charge is 0.496 e. The molecule has 0 aliphatic carbocycles. The molecule has 0 unspecified atom stereocenters. The zero-order chi connectivity index (χ0) is 23.3. The number of carbonyl (C=O) groups excluding carboxylic acids is 2. The maximum Gasteiger partial charge on any atom is 0.416 e. The third-order valence-corrected chi connectivity index (χ3v) is 4.30. The van der Waals surface area contributed by atoms with E-state index in [0.717, 1.165) is 6.07 Å². The number of anilines is 1. The Morgan fingerprint density at radius 2 is 1.87 bits per heavy atom. The number of nitrogens with zero attached hydrogens (tertiary/aromatic N) is 1. The molecule has 11 heteroatoms. The Hall–Kier alpha value is -3.63. The van der Waals surface area contributed by atoms with E-state index in [1.807, 2.05) is 0 Å². The summed E-state index contributed by atoms with van der Waals surface area (Å²) < 4.78 is 48.8. The van der Waals surface area contributed by atoms with Gasteiger partial charge in [0.1, 0.15) is 24.1 Å². The fourth-order valence-corrected chi connectivity index (χ4v) is 2.66. The highest BCUT2D eigenvalue weighted by Crippen LogP contribution is 2.35. The first-order valence-corrected chi connectivity index (χ1v) is 8.90. The van der Waals surface area contributed by atoms with Gasteiger partial charge < -0.3 is 14.8 Å². The van der Waals surface area contributed by atoms with Gasteiger partial charge in [-0.25, -0.2) is 4.79 Å². The van der Waals surface area contributed by atoms with Crippen LogP contribution in [0.4, 0.5) is 24.5 Å². The van der Waals surface area contributed by atoms with E-state index in [9.17, 15) is 32.9 Å². The van der Waals surface area contributed by atoms with Gasteiger partial charge in [-0.15, -0.1) is 0 Å². The fourth-order valence-electron chi connectivity index (χ4n) is 2.66. The lowest BCUT2D eigenvalue weighted by atomic mass is 10.1. The second kappa shape index (κ2) is 9.45. The molecule has 0 aliphatic heterocycles. The Balaban J connectivity index is 2.14. The van der Waals surface area contributed by atoms with Crippen molar-refractivity contribution < 1.29 is 37.2 Å². The molecule has 0 fully saturated rings. The van der Waals surface area contributed by atoms with Crippen LogP contribution in [0.3, 0.4) is 0 Å². The molecule has 0 spiro atoms. The fraction of sp³-hybridized carbons (Fsp3) is 0.300. The molecule has 0 heterocycles. The van der Waals surface area contributed by atoms with Crippen LogP contribution in [0.15, 0.2) is 36.4 Å². The smallest absolute Gasteiger partial charge is 0.416 e. The second-order valence-corrected chi connectivity index (χ2v) is 6.54. The summed E-state index contributed by atoms with van der Waals surface area (Å²) in [5, 5.41) is 13.7. The molecule has 0 radical (unpaired) electrons. The van der Waals surface area contributed by atoms with Crippen molar-refractivity contribution in [3.8, 4) is 5.75 Å². The Bertz CT molecular complexity index is 1010. The minimum absolute atomic E-state index is 0.195. The van der Waals surface area contributed by atoms with Crippen molar-refractivity contribution in [2.24, 2.45) is 0 Å². The van der Waals surface area contributed by atoms with Crippen molar-refractivity contribution in [3.63, 3.8) is 0 Å². The summed E-state index contributed by atoms with van der Waals surface area (Å²) in [6.45, 7) is 2.47. The highest BCUT2D eigenvalue weighted by molar-refractivity contribution is 5.94. The van der Waals surface area contributed by atoms with Crippen LogP contribution in [-0.4, -0.2) is 29.8 Å². The van der Waals surface area contributed by atoms with Gasteiger partial charge in [0.25, 0.3) is 5.69 Å². The lowest BCUT2D eigenvalue weighted by Gasteiger charge is -2.16. The van der Waals surface area contributed by atoms with Gasteiger partial charge in [-0.3, -0.25) is 14.9 Å². The van der Waals surface area contributed by atoms with Gasteiger partial charge in [0.2, 0.25) is 0 Å². The number of nitrogens with one attached hydrogen (secondary N) is 1. The summed E-state index contributed by atoms with van der Waals surface area (Å²) in [5.74, 6) is -0.624. The Morgan fingerprint density at radius 3 is 2.42 bits per heavy atom. The number of nitro benzene ring substituents is 1. The van der Waals surface area contributed by atoms with E-state index in [1.165, 1.54) is 27.0 Å². The SMILES string of the molecule is COc1ccc(C(C)=O)cc1COC(=O)[C@H](C)Nc1ccc(C(F)(F)F)cc1[N+](=O)[O-]. The topological polar surface area (TPSA) is 108 Å². The molecule has 1 N–H and O–H groups in total. The minimum atomic E-state index is -4.75. The third kappa shape index (κ3) is 5.93. The number of hydrogen-bond donors (Lipinski definition) is 1. The highest BCUT2D eigenvalue weighted by atomic mass is 19.4. The summed E-state index contributed by atoms with van der Waals surface area (Å²) in [5.41, 5.74) is -1.46. The van der Waals surface area contributed by atoms with E-state index >= 15 is 0 Å². The number of ketones is 1. The molecule has 0 amide bonds. The average Bonchev–Trinajstić information content (AvgIpc) is 2.70. The third-order valence-electron chi connectivity index (χ3n) is 4.30. The summed E-state index contributed by atoms with van der Waals surface area (Å²) in [6.07, 6.45) is -4.75. The lowest BCUT2D eigenvalue weighted by Crippen LogP contribution is -2.28. The van der Waals surface area contributed by atoms with E-state index in [-0.39, 0.29) is 18.1 Å². The van der Waals surface area contributed by atoms with Crippen LogP contribution in [-0.2, 0) is 22.3 Å². The molecule has 2 aromatic rings. The molecule has 31 heavy (non-hydrogen) atoms. The van der Waals surface area contributed by atoms with Crippen molar-refractivity contribution in [1.82, 2.24) is 0 Å². The van der Waals surface area contributed by atoms with Crippen molar-refractivity contribution in [2.75, 3.05) is 12.4 Å². The zero-order valence-corrected chi connectivity index (χ0v) is 16.8. The van der Waals surface area contributed by atoms with Crippen LogP contribution in [0.25, 0.3) is 0 Å². The molecule has 8 nitrogen and oxygen atoms in total. The van der Waals surface area contributed by atoms with Crippen molar-refractivity contribution in [3.05, 3.63) is 63.2 Å². The van der Waals surface area contributed by atoms with Crippen molar-refractivity contribution in [1.29, 1.82) is 0 Å². The summed E-state index contributed by atoms with van der Waals surface area (Å²) in [6, 6.07) is 5.44. The van der Waals surface area contributed by atoms with Crippen LogP contribution in [0, 0.1) is 10.1 Å². The van der Waals surface area contributed by atoms with Crippen molar-refractivity contribution >= 4 is 23.1 Å². The molecule has 0 saturated carbocycles. The van der Waals surface area contributed by atoms with Gasteiger partial charge in [-0.1, -0.05) is 0 Å².